The first-order valence-corrected chi connectivity index (χ1v) is 12.1. The topological polar surface area (TPSA) is 151 Å². The van der Waals surface area contributed by atoms with Crippen LogP contribution in [0.4, 0.5) is 0 Å². The van der Waals surface area contributed by atoms with Gasteiger partial charge in [-0.05, 0) is 67.1 Å². The summed E-state index contributed by atoms with van der Waals surface area (Å²) in [4.78, 5) is 26.2. The number of hydrogen-bond donors (Lipinski definition) is 4. The number of rotatable bonds is 4. The predicted molar refractivity (Wildman–Crippen MR) is 147 cm³/mol. The highest BCUT2D eigenvalue weighted by Gasteiger charge is 2.22. The molecule has 9 nitrogen and oxygen atoms in total. The van der Waals surface area contributed by atoms with Gasteiger partial charge < -0.3 is 34.0 Å². The molecule has 6 aromatic rings. The van der Waals surface area contributed by atoms with E-state index < -0.39 is 11.2 Å². The van der Waals surface area contributed by atoms with Gasteiger partial charge in [-0.1, -0.05) is 0 Å². The Labute approximate surface area is 225 Å². The molecule has 0 saturated heterocycles. The monoisotopic (exact) mass is 536 g/mol. The van der Waals surface area contributed by atoms with E-state index in [-0.39, 0.29) is 62.2 Å². The molecule has 198 valence electrons. The largest absolute Gasteiger partial charge is 0.508 e. The minimum Gasteiger partial charge on any atom is -0.508 e. The first-order chi connectivity index (χ1) is 19.2. The first-order valence-electron chi connectivity index (χ1n) is 12.1. The molecule has 6 rings (SSSR count). The Kier molecular flexibility index (Phi) is 5.69. The molecule has 0 spiro atoms. The van der Waals surface area contributed by atoms with Crippen molar-refractivity contribution in [1.82, 2.24) is 0 Å². The molecule has 2 aromatic heterocycles. The van der Waals surface area contributed by atoms with Crippen LogP contribution in [-0.2, 0) is 0 Å². The van der Waals surface area contributed by atoms with Crippen molar-refractivity contribution in [2.24, 2.45) is 0 Å². The molecule has 0 saturated carbocycles. The number of aromatic hydroxyl groups is 4. The number of ether oxygens (including phenoxy) is 1. The van der Waals surface area contributed by atoms with Crippen LogP contribution < -0.4 is 15.6 Å². The molecule has 4 N–H and O–H groups in total. The standard InChI is InChI=1S/C31H20O9/c1-15-10-19(33)12-25-27(15)23(36)14-24(39-25)16-4-8-21(9-5-16)38-31-29(37)28-22(35)11-20(34)13-26(28)40-30(31)17-2-6-18(32)7-3-17/h2-14,32-35H,1H3. The normalized spacial score (nSPS) is 11.2. The second-order valence-electron chi connectivity index (χ2n) is 9.21. The molecule has 0 radical (unpaired) electrons. The maximum atomic E-state index is 13.5. The average molecular weight is 536 g/mol. The third-order valence-electron chi connectivity index (χ3n) is 6.42. The van der Waals surface area contributed by atoms with Gasteiger partial charge in [-0.25, -0.2) is 0 Å². The number of phenolic OH excluding ortho intramolecular Hbond substituents is 4. The summed E-state index contributed by atoms with van der Waals surface area (Å²) in [6.07, 6.45) is 0. The lowest BCUT2D eigenvalue weighted by Crippen LogP contribution is -2.07. The second kappa shape index (κ2) is 9.25. The summed E-state index contributed by atoms with van der Waals surface area (Å²) in [5.41, 5.74) is 0.805. The Bertz CT molecular complexity index is 2050. The molecule has 0 aliphatic heterocycles. The van der Waals surface area contributed by atoms with Crippen LogP contribution in [0.2, 0.25) is 0 Å². The molecule has 40 heavy (non-hydrogen) atoms. The van der Waals surface area contributed by atoms with E-state index in [1.807, 2.05) is 0 Å². The van der Waals surface area contributed by atoms with Crippen LogP contribution in [0.25, 0.3) is 44.6 Å². The van der Waals surface area contributed by atoms with Crippen molar-refractivity contribution >= 4 is 21.9 Å². The van der Waals surface area contributed by atoms with Crippen molar-refractivity contribution in [3.05, 3.63) is 105 Å². The van der Waals surface area contributed by atoms with Gasteiger partial charge in [0.1, 0.15) is 51.1 Å². The van der Waals surface area contributed by atoms with E-state index in [0.29, 0.717) is 22.1 Å². The van der Waals surface area contributed by atoms with Crippen molar-refractivity contribution in [2.75, 3.05) is 0 Å². The molecule has 9 heteroatoms. The summed E-state index contributed by atoms with van der Waals surface area (Å²) in [6, 6.07) is 18.7. The molecule has 0 unspecified atom stereocenters. The van der Waals surface area contributed by atoms with E-state index in [4.69, 9.17) is 13.6 Å². The van der Waals surface area contributed by atoms with Gasteiger partial charge in [0.2, 0.25) is 11.2 Å². The maximum absolute atomic E-state index is 13.5. The highest BCUT2D eigenvalue weighted by atomic mass is 16.5. The number of phenols is 4. The second-order valence-corrected chi connectivity index (χ2v) is 9.21. The Morgan fingerprint density at radius 1 is 0.650 bits per heavy atom. The summed E-state index contributed by atoms with van der Waals surface area (Å²) in [5.74, 6) is -0.481. The van der Waals surface area contributed by atoms with Crippen molar-refractivity contribution in [2.45, 2.75) is 6.92 Å². The van der Waals surface area contributed by atoms with Gasteiger partial charge in [-0.15, -0.1) is 0 Å². The third kappa shape index (κ3) is 4.25. The van der Waals surface area contributed by atoms with Crippen molar-refractivity contribution < 1.29 is 34.0 Å². The molecule has 2 heterocycles. The van der Waals surface area contributed by atoms with Crippen LogP contribution in [0.15, 0.2) is 97.3 Å². The summed E-state index contributed by atoms with van der Waals surface area (Å²) < 4.78 is 17.8. The van der Waals surface area contributed by atoms with E-state index in [9.17, 15) is 30.0 Å². The van der Waals surface area contributed by atoms with E-state index in [1.54, 1.807) is 31.2 Å². The predicted octanol–water partition coefficient (Wildman–Crippen LogP) is 6.16. The van der Waals surface area contributed by atoms with Gasteiger partial charge in [-0.2, -0.15) is 0 Å². The molecule has 0 atom stereocenters. The van der Waals surface area contributed by atoms with Crippen LogP contribution in [-0.4, -0.2) is 20.4 Å². The zero-order valence-electron chi connectivity index (χ0n) is 20.8. The lowest BCUT2D eigenvalue weighted by Gasteiger charge is -2.13. The number of fused-ring (bicyclic) bond motifs is 2. The lowest BCUT2D eigenvalue weighted by molar-refractivity contribution is 0.443. The van der Waals surface area contributed by atoms with Gasteiger partial charge in [0.25, 0.3) is 0 Å². The van der Waals surface area contributed by atoms with Crippen LogP contribution in [0.3, 0.4) is 0 Å². The lowest BCUT2D eigenvalue weighted by atomic mass is 10.1. The van der Waals surface area contributed by atoms with Crippen molar-refractivity contribution in [1.29, 1.82) is 0 Å². The maximum Gasteiger partial charge on any atom is 0.239 e. The molecule has 0 amide bonds. The fourth-order valence-electron chi connectivity index (χ4n) is 4.58. The van der Waals surface area contributed by atoms with Gasteiger partial charge in [-0.3, -0.25) is 9.59 Å². The summed E-state index contributed by atoms with van der Waals surface area (Å²) in [7, 11) is 0. The molecular weight excluding hydrogens is 516 g/mol. The molecular formula is C31H20O9. The minimum absolute atomic E-state index is 0.00551. The van der Waals surface area contributed by atoms with Crippen LogP contribution in [0.5, 0.6) is 34.5 Å². The Balaban J connectivity index is 1.44. The molecule has 0 fully saturated rings. The number of hydrogen-bond acceptors (Lipinski definition) is 9. The fourth-order valence-corrected chi connectivity index (χ4v) is 4.58. The van der Waals surface area contributed by atoms with Gasteiger partial charge in [0, 0.05) is 35.4 Å². The van der Waals surface area contributed by atoms with E-state index >= 15 is 0 Å². The van der Waals surface area contributed by atoms with Gasteiger partial charge >= 0.3 is 0 Å². The van der Waals surface area contributed by atoms with Gasteiger partial charge in [0.15, 0.2) is 11.2 Å². The molecule has 0 aliphatic carbocycles. The Morgan fingerprint density at radius 3 is 1.98 bits per heavy atom. The summed E-state index contributed by atoms with van der Waals surface area (Å²) in [5, 5.41) is 40.1. The van der Waals surface area contributed by atoms with Crippen LogP contribution in [0, 0.1) is 6.92 Å². The molecule has 0 bridgehead atoms. The number of benzene rings is 4. The van der Waals surface area contributed by atoms with Crippen molar-refractivity contribution in [3.63, 3.8) is 0 Å². The van der Waals surface area contributed by atoms with E-state index in [1.165, 1.54) is 48.5 Å². The zero-order valence-corrected chi connectivity index (χ0v) is 20.8. The first kappa shape index (κ1) is 24.6. The highest BCUT2D eigenvalue weighted by Crippen LogP contribution is 2.38. The summed E-state index contributed by atoms with van der Waals surface area (Å²) in [6.45, 7) is 1.71. The van der Waals surface area contributed by atoms with E-state index in [0.717, 1.165) is 6.07 Å². The van der Waals surface area contributed by atoms with Crippen LogP contribution >= 0.6 is 0 Å². The van der Waals surface area contributed by atoms with Crippen molar-refractivity contribution in [3.8, 4) is 57.1 Å². The molecule has 0 aliphatic rings. The Morgan fingerprint density at radius 2 is 1.27 bits per heavy atom. The fraction of sp³-hybridized carbons (Fsp3) is 0.0323. The molecule has 4 aromatic carbocycles. The third-order valence-corrected chi connectivity index (χ3v) is 6.42. The minimum atomic E-state index is -0.679. The quantitative estimate of drug-likeness (QED) is 0.208. The Hall–Kier alpha value is -5.70. The average Bonchev–Trinajstić information content (AvgIpc) is 2.90. The van der Waals surface area contributed by atoms with Gasteiger partial charge in [0.05, 0.1) is 5.39 Å². The highest BCUT2D eigenvalue weighted by molar-refractivity contribution is 5.88. The van der Waals surface area contributed by atoms with E-state index in [2.05, 4.69) is 0 Å². The summed E-state index contributed by atoms with van der Waals surface area (Å²) >= 11 is 0. The SMILES string of the molecule is Cc1cc(O)cc2oc(-c3ccc(Oc4c(-c5ccc(O)cc5)oc5cc(O)cc(O)c5c4=O)cc3)cc(=O)c12. The number of aryl methyl sites for hydroxylation is 1. The zero-order chi connectivity index (χ0) is 28.1. The van der Waals surface area contributed by atoms with Crippen LogP contribution in [0.1, 0.15) is 5.56 Å². The smallest absolute Gasteiger partial charge is 0.239 e.